The van der Waals surface area contributed by atoms with E-state index >= 15 is 0 Å². The van der Waals surface area contributed by atoms with Gasteiger partial charge in [-0.05, 0) is 62.2 Å². The number of anilines is 2. The summed E-state index contributed by atoms with van der Waals surface area (Å²) in [6.45, 7) is 8.02. The zero-order valence-corrected chi connectivity index (χ0v) is 20.1. The number of nitrogens with zero attached hydrogens (tertiary/aromatic N) is 4. The van der Waals surface area contributed by atoms with Crippen molar-refractivity contribution >= 4 is 55.3 Å². The number of rotatable bonds is 6. The largest absolute Gasteiger partial charge is 0.325 e. The monoisotopic (exact) mass is 504 g/mol. The van der Waals surface area contributed by atoms with Gasteiger partial charge in [0, 0.05) is 18.5 Å². The Kier molecular flexibility index (Phi) is 6.14. The maximum absolute atomic E-state index is 12.8. The van der Waals surface area contributed by atoms with Crippen molar-refractivity contribution in [2.24, 2.45) is 0 Å². The number of amides is 2. The van der Waals surface area contributed by atoms with Crippen molar-refractivity contribution in [2.75, 3.05) is 23.7 Å². The summed E-state index contributed by atoms with van der Waals surface area (Å²) in [6.07, 6.45) is 7.71. The maximum Gasteiger partial charge on any atom is 0.260 e. The van der Waals surface area contributed by atoms with Gasteiger partial charge >= 0.3 is 0 Å². The van der Waals surface area contributed by atoms with Crippen LogP contribution in [0.1, 0.15) is 49.2 Å². The lowest BCUT2D eigenvalue weighted by atomic mass is 10.0. The summed E-state index contributed by atoms with van der Waals surface area (Å²) < 4.78 is 2.55. The molecule has 0 saturated carbocycles. The zero-order chi connectivity index (χ0) is 22.2. The number of thiazole rings is 1. The van der Waals surface area contributed by atoms with Crippen LogP contribution in [0.4, 0.5) is 11.4 Å². The highest BCUT2D eigenvalue weighted by Gasteiger charge is 2.31. The summed E-state index contributed by atoms with van der Waals surface area (Å²) in [4.78, 5) is 32.7. The summed E-state index contributed by atoms with van der Waals surface area (Å²) in [5.74, 6) is -0.332. The van der Waals surface area contributed by atoms with Crippen LogP contribution >= 0.6 is 27.3 Å². The van der Waals surface area contributed by atoms with E-state index in [0.29, 0.717) is 29.1 Å². The number of hydrogen-bond acceptors (Lipinski definition) is 6. The number of fused-ring (bicyclic) bond motifs is 1. The van der Waals surface area contributed by atoms with E-state index in [1.165, 1.54) is 17.8 Å². The molecule has 0 spiro atoms. The molecule has 0 aromatic carbocycles. The molecule has 2 amide bonds. The fourth-order valence-electron chi connectivity index (χ4n) is 3.87. The lowest BCUT2D eigenvalue weighted by molar-refractivity contribution is -0.116. The fraction of sp³-hybridized carbons (Fsp3) is 0.429. The normalized spacial score (nSPS) is 16.0. The van der Waals surface area contributed by atoms with Crippen LogP contribution in [-0.4, -0.2) is 49.9 Å². The molecule has 8 nitrogen and oxygen atoms in total. The van der Waals surface area contributed by atoms with Crippen LogP contribution in [0.3, 0.4) is 0 Å². The molecule has 4 heterocycles. The first kappa shape index (κ1) is 21.9. The number of hydrogen-bond donors (Lipinski definition) is 2. The second-order valence-electron chi connectivity index (χ2n) is 8.36. The predicted octanol–water partition coefficient (Wildman–Crippen LogP) is 4.32. The minimum atomic E-state index is -0.269. The number of nitrogens with one attached hydrogen (secondary N) is 2. The minimum Gasteiger partial charge on any atom is -0.325 e. The number of likely N-dealkylation sites (tertiary alicyclic amines) is 1. The van der Waals surface area contributed by atoms with Crippen molar-refractivity contribution in [3.05, 3.63) is 39.7 Å². The van der Waals surface area contributed by atoms with Crippen molar-refractivity contribution in [1.29, 1.82) is 0 Å². The highest BCUT2D eigenvalue weighted by Crippen LogP contribution is 2.29. The minimum absolute atomic E-state index is 0.0626. The quantitative estimate of drug-likeness (QED) is 0.521. The van der Waals surface area contributed by atoms with Crippen LogP contribution in [0, 0.1) is 6.92 Å². The topological polar surface area (TPSA) is 91.6 Å². The van der Waals surface area contributed by atoms with E-state index in [1.807, 2.05) is 13.1 Å². The van der Waals surface area contributed by atoms with Gasteiger partial charge in [0.1, 0.15) is 4.83 Å². The third kappa shape index (κ3) is 4.81. The Labute approximate surface area is 193 Å². The fourth-order valence-corrected chi connectivity index (χ4v) is 5.31. The van der Waals surface area contributed by atoms with Crippen LogP contribution in [0.25, 0.3) is 4.83 Å². The van der Waals surface area contributed by atoms with Crippen LogP contribution in [0.2, 0.25) is 0 Å². The molecule has 4 rings (SSSR count). The average molecular weight is 505 g/mol. The van der Waals surface area contributed by atoms with E-state index < -0.39 is 0 Å². The highest BCUT2D eigenvalue weighted by atomic mass is 79.9. The lowest BCUT2D eigenvalue weighted by Crippen LogP contribution is -2.39. The summed E-state index contributed by atoms with van der Waals surface area (Å²) in [6, 6.07) is 1.74. The Morgan fingerprint density at radius 1 is 1.29 bits per heavy atom. The molecule has 31 heavy (non-hydrogen) atoms. The smallest absolute Gasteiger partial charge is 0.260 e. The van der Waals surface area contributed by atoms with Crippen molar-refractivity contribution in [3.8, 4) is 0 Å². The van der Waals surface area contributed by atoms with Crippen molar-refractivity contribution in [1.82, 2.24) is 19.5 Å². The van der Waals surface area contributed by atoms with Crippen molar-refractivity contribution < 1.29 is 9.59 Å². The Bertz CT molecular complexity index is 1140. The molecule has 0 unspecified atom stereocenters. The highest BCUT2D eigenvalue weighted by molar-refractivity contribution is 9.11. The molecule has 1 saturated heterocycles. The molecule has 1 fully saturated rings. The molecular formula is C21H25BrN6O2S. The van der Waals surface area contributed by atoms with Gasteiger partial charge in [-0.2, -0.15) is 5.10 Å². The summed E-state index contributed by atoms with van der Waals surface area (Å²) in [7, 11) is 0. The van der Waals surface area contributed by atoms with Crippen molar-refractivity contribution in [3.63, 3.8) is 0 Å². The molecule has 0 aliphatic carbocycles. The third-order valence-corrected chi connectivity index (χ3v) is 7.30. The number of aromatic nitrogens is 3. The van der Waals surface area contributed by atoms with Gasteiger partial charge < -0.3 is 10.6 Å². The third-order valence-electron chi connectivity index (χ3n) is 5.71. The Hall–Kier alpha value is -2.30. The SMILES string of the molecule is Cc1ncc(NC(=O)CCN2CCCC2(C)C)cc1NC(=O)c1cnn2cc(Br)sc12. The van der Waals surface area contributed by atoms with Gasteiger partial charge in [0.15, 0.2) is 0 Å². The first-order valence-corrected chi connectivity index (χ1v) is 11.8. The standard InChI is InChI=1S/C21H25BrN6O2S/c1-13-16(26-19(30)15-11-24-28-12-17(22)31-20(15)28)9-14(10-23-13)25-18(29)5-8-27-7-4-6-21(27,2)3/h9-12H,4-8H2,1-3H3,(H,25,29)(H,26,30). The zero-order valence-electron chi connectivity index (χ0n) is 17.7. The Morgan fingerprint density at radius 2 is 2.10 bits per heavy atom. The van der Waals surface area contributed by atoms with E-state index in [0.717, 1.165) is 28.1 Å². The number of halogens is 1. The second-order valence-corrected chi connectivity index (χ2v) is 10.8. The Morgan fingerprint density at radius 3 is 2.84 bits per heavy atom. The summed E-state index contributed by atoms with van der Waals surface area (Å²) >= 11 is 4.85. The van der Waals surface area contributed by atoms with E-state index in [1.54, 1.807) is 23.0 Å². The number of aryl methyl sites for hydroxylation is 1. The molecule has 1 aliphatic rings. The van der Waals surface area contributed by atoms with E-state index in [-0.39, 0.29) is 17.4 Å². The van der Waals surface area contributed by atoms with Crippen LogP contribution in [0.15, 0.2) is 28.4 Å². The first-order valence-electron chi connectivity index (χ1n) is 10.2. The van der Waals surface area contributed by atoms with Gasteiger partial charge in [-0.25, -0.2) is 4.52 Å². The van der Waals surface area contributed by atoms with Gasteiger partial charge in [-0.1, -0.05) is 0 Å². The van der Waals surface area contributed by atoms with E-state index in [4.69, 9.17) is 0 Å². The molecule has 0 radical (unpaired) electrons. The van der Waals surface area contributed by atoms with E-state index in [9.17, 15) is 9.59 Å². The molecule has 10 heteroatoms. The van der Waals surface area contributed by atoms with Gasteiger partial charge in [-0.15, -0.1) is 11.3 Å². The number of carbonyl (C=O) groups is 2. The van der Waals surface area contributed by atoms with Crippen LogP contribution in [0.5, 0.6) is 0 Å². The first-order chi connectivity index (χ1) is 14.7. The van der Waals surface area contributed by atoms with Crippen LogP contribution in [-0.2, 0) is 4.79 Å². The van der Waals surface area contributed by atoms with Gasteiger partial charge in [0.2, 0.25) is 5.91 Å². The molecule has 0 bridgehead atoms. The summed E-state index contributed by atoms with van der Waals surface area (Å²) in [5, 5.41) is 10.00. The van der Waals surface area contributed by atoms with Gasteiger partial charge in [-0.3, -0.25) is 19.5 Å². The van der Waals surface area contributed by atoms with E-state index in [2.05, 4.69) is 55.4 Å². The van der Waals surface area contributed by atoms with Gasteiger partial charge in [0.05, 0.1) is 45.0 Å². The lowest BCUT2D eigenvalue weighted by Gasteiger charge is -2.31. The molecule has 164 valence electrons. The van der Waals surface area contributed by atoms with Crippen LogP contribution < -0.4 is 10.6 Å². The van der Waals surface area contributed by atoms with Crippen molar-refractivity contribution in [2.45, 2.75) is 45.6 Å². The maximum atomic E-state index is 12.8. The number of pyridine rings is 1. The molecular weight excluding hydrogens is 480 g/mol. The van der Waals surface area contributed by atoms with Gasteiger partial charge in [0.25, 0.3) is 5.91 Å². The summed E-state index contributed by atoms with van der Waals surface area (Å²) in [5.41, 5.74) is 2.42. The predicted molar refractivity (Wildman–Crippen MR) is 126 cm³/mol. The number of carbonyl (C=O) groups excluding carboxylic acids is 2. The molecule has 1 aliphatic heterocycles. The second kappa shape index (κ2) is 8.68. The molecule has 0 atom stereocenters. The Balaban J connectivity index is 1.41. The molecule has 3 aromatic rings. The molecule has 2 N–H and O–H groups in total. The average Bonchev–Trinajstić information content (AvgIpc) is 3.35. The molecule has 3 aromatic heterocycles.